The summed E-state index contributed by atoms with van der Waals surface area (Å²) in [7, 11) is 0. The minimum absolute atomic E-state index is 0.117. The van der Waals surface area contributed by atoms with Gasteiger partial charge < -0.3 is 10.6 Å². The van der Waals surface area contributed by atoms with E-state index in [2.05, 4.69) is 24.5 Å². The number of non-ortho nitro benzene ring substituents is 1. The van der Waals surface area contributed by atoms with Crippen molar-refractivity contribution in [1.82, 2.24) is 0 Å². The Hall–Kier alpha value is -1.78. The number of hydrogen-bond donors (Lipinski definition) is 2. The third kappa shape index (κ3) is 5.47. The first-order valence-electron chi connectivity index (χ1n) is 7.36. The molecule has 5 nitrogen and oxygen atoms in total. The highest BCUT2D eigenvalue weighted by Gasteiger charge is 2.11. The van der Waals surface area contributed by atoms with Gasteiger partial charge in [0.2, 0.25) is 0 Å². The zero-order valence-electron chi connectivity index (χ0n) is 12.6. The van der Waals surface area contributed by atoms with E-state index in [9.17, 15) is 10.1 Å². The van der Waals surface area contributed by atoms with Gasteiger partial charge in [-0.3, -0.25) is 10.1 Å². The largest absolute Gasteiger partial charge is 0.385 e. The van der Waals surface area contributed by atoms with Crippen molar-refractivity contribution in [2.24, 2.45) is 0 Å². The van der Waals surface area contributed by atoms with Gasteiger partial charge in [0.1, 0.15) is 0 Å². The number of anilines is 2. The van der Waals surface area contributed by atoms with Crippen LogP contribution in [0.2, 0.25) is 0 Å². The molecule has 1 aromatic rings. The maximum absolute atomic E-state index is 11.0. The van der Waals surface area contributed by atoms with E-state index in [-0.39, 0.29) is 10.6 Å². The molecule has 0 aliphatic heterocycles. The average Bonchev–Trinajstić information content (AvgIpc) is 2.39. The molecule has 1 unspecified atom stereocenters. The maximum atomic E-state index is 11.0. The van der Waals surface area contributed by atoms with Crippen LogP contribution in [0.4, 0.5) is 17.1 Å². The Morgan fingerprint density at radius 1 is 1.20 bits per heavy atom. The minimum atomic E-state index is -0.353. The second-order valence-electron chi connectivity index (χ2n) is 5.10. The van der Waals surface area contributed by atoms with Crippen molar-refractivity contribution in [3.8, 4) is 0 Å². The highest BCUT2D eigenvalue weighted by atomic mass is 16.6. The van der Waals surface area contributed by atoms with E-state index in [0.29, 0.717) is 6.04 Å². The lowest BCUT2D eigenvalue weighted by Gasteiger charge is -2.16. The Morgan fingerprint density at radius 3 is 2.50 bits per heavy atom. The molecule has 0 saturated heterocycles. The average molecular weight is 279 g/mol. The van der Waals surface area contributed by atoms with Gasteiger partial charge in [-0.1, -0.05) is 26.2 Å². The smallest absolute Gasteiger partial charge is 0.273 e. The second kappa shape index (κ2) is 8.40. The number of nitro benzene ring substituents is 1. The third-order valence-electron chi connectivity index (χ3n) is 3.16. The Morgan fingerprint density at radius 2 is 1.90 bits per heavy atom. The number of benzene rings is 1. The van der Waals surface area contributed by atoms with Crippen molar-refractivity contribution >= 4 is 17.1 Å². The van der Waals surface area contributed by atoms with Crippen molar-refractivity contribution in [1.29, 1.82) is 0 Å². The summed E-state index contributed by atoms with van der Waals surface area (Å²) in [4.78, 5) is 10.6. The first-order valence-corrected chi connectivity index (χ1v) is 7.36. The molecular formula is C15H25N3O2. The summed E-state index contributed by atoms with van der Waals surface area (Å²) in [5.74, 6) is 0. The van der Waals surface area contributed by atoms with Crippen LogP contribution in [0.5, 0.6) is 0 Å². The molecule has 0 heterocycles. The molecule has 0 saturated carbocycles. The number of hydrogen-bond acceptors (Lipinski definition) is 4. The van der Waals surface area contributed by atoms with Crippen LogP contribution in [-0.2, 0) is 0 Å². The van der Waals surface area contributed by atoms with Gasteiger partial charge in [-0.25, -0.2) is 0 Å². The predicted molar refractivity (Wildman–Crippen MR) is 84.5 cm³/mol. The highest BCUT2D eigenvalue weighted by molar-refractivity contribution is 5.63. The van der Waals surface area contributed by atoms with E-state index < -0.39 is 0 Å². The standard InChI is InChI=1S/C15H25N3O2/c1-4-6-7-8-12(3)17-14-9-13(16-5-2)10-15(11-14)18(19)20/h9-12,16-17H,4-8H2,1-3H3. The van der Waals surface area contributed by atoms with Crippen molar-refractivity contribution < 1.29 is 4.92 Å². The normalized spacial score (nSPS) is 11.9. The van der Waals surface area contributed by atoms with Crippen LogP contribution in [-0.4, -0.2) is 17.5 Å². The number of unbranched alkanes of at least 4 members (excludes halogenated alkanes) is 2. The van der Waals surface area contributed by atoms with Crippen molar-refractivity contribution in [3.05, 3.63) is 28.3 Å². The monoisotopic (exact) mass is 279 g/mol. The van der Waals surface area contributed by atoms with E-state index in [1.165, 1.54) is 19.3 Å². The molecule has 0 radical (unpaired) electrons. The van der Waals surface area contributed by atoms with E-state index in [1.807, 2.05) is 13.0 Å². The Balaban J connectivity index is 2.74. The molecule has 1 aromatic carbocycles. The van der Waals surface area contributed by atoms with Crippen LogP contribution < -0.4 is 10.6 Å². The fraction of sp³-hybridized carbons (Fsp3) is 0.600. The molecule has 0 amide bonds. The molecule has 0 fully saturated rings. The fourth-order valence-corrected chi connectivity index (χ4v) is 2.16. The Kier molecular flexibility index (Phi) is 6.84. The van der Waals surface area contributed by atoms with Gasteiger partial charge in [0, 0.05) is 36.1 Å². The van der Waals surface area contributed by atoms with Gasteiger partial charge in [0.15, 0.2) is 0 Å². The summed E-state index contributed by atoms with van der Waals surface area (Å²) in [6.07, 6.45) is 4.68. The SMILES string of the molecule is CCCCCC(C)Nc1cc(NCC)cc([N+](=O)[O-])c1. The lowest BCUT2D eigenvalue weighted by molar-refractivity contribution is -0.384. The van der Waals surface area contributed by atoms with E-state index in [0.717, 1.165) is 24.3 Å². The zero-order valence-corrected chi connectivity index (χ0v) is 12.6. The van der Waals surface area contributed by atoms with Gasteiger partial charge in [0.05, 0.1) is 4.92 Å². The van der Waals surface area contributed by atoms with Crippen molar-refractivity contribution in [2.75, 3.05) is 17.2 Å². The molecule has 1 rings (SSSR count). The topological polar surface area (TPSA) is 67.2 Å². The van der Waals surface area contributed by atoms with Crippen LogP contribution in [0.3, 0.4) is 0 Å². The van der Waals surface area contributed by atoms with Crippen LogP contribution in [0, 0.1) is 10.1 Å². The lowest BCUT2D eigenvalue weighted by Crippen LogP contribution is -2.15. The zero-order chi connectivity index (χ0) is 15.0. The summed E-state index contributed by atoms with van der Waals surface area (Å²) in [5.41, 5.74) is 1.70. The quantitative estimate of drug-likeness (QED) is 0.399. The lowest BCUT2D eigenvalue weighted by atomic mass is 10.1. The summed E-state index contributed by atoms with van der Waals surface area (Å²) >= 11 is 0. The van der Waals surface area contributed by atoms with Crippen LogP contribution >= 0.6 is 0 Å². The number of nitrogens with one attached hydrogen (secondary N) is 2. The van der Waals surface area contributed by atoms with E-state index in [1.54, 1.807) is 12.1 Å². The molecule has 112 valence electrons. The van der Waals surface area contributed by atoms with Gasteiger partial charge in [-0.05, 0) is 26.3 Å². The van der Waals surface area contributed by atoms with Crippen LogP contribution in [0.1, 0.15) is 46.5 Å². The maximum Gasteiger partial charge on any atom is 0.273 e. The number of nitro groups is 1. The molecule has 5 heteroatoms. The summed E-state index contributed by atoms with van der Waals surface area (Å²) in [6.45, 7) is 7.01. The number of nitrogens with zero attached hydrogens (tertiary/aromatic N) is 1. The number of rotatable bonds is 9. The van der Waals surface area contributed by atoms with Gasteiger partial charge >= 0.3 is 0 Å². The first-order chi connectivity index (χ1) is 9.56. The van der Waals surface area contributed by atoms with Gasteiger partial charge in [-0.15, -0.1) is 0 Å². The predicted octanol–water partition coefficient (Wildman–Crippen LogP) is 4.41. The summed E-state index contributed by atoms with van der Waals surface area (Å²) < 4.78 is 0. The van der Waals surface area contributed by atoms with Crippen molar-refractivity contribution in [3.63, 3.8) is 0 Å². The third-order valence-corrected chi connectivity index (χ3v) is 3.16. The molecule has 1 atom stereocenters. The highest BCUT2D eigenvalue weighted by Crippen LogP contribution is 2.25. The van der Waals surface area contributed by atoms with Crippen LogP contribution in [0.15, 0.2) is 18.2 Å². The molecular weight excluding hydrogens is 254 g/mol. The van der Waals surface area contributed by atoms with Crippen LogP contribution in [0.25, 0.3) is 0 Å². The summed E-state index contributed by atoms with van der Waals surface area (Å²) in [5, 5.41) is 17.4. The minimum Gasteiger partial charge on any atom is -0.385 e. The summed E-state index contributed by atoms with van der Waals surface area (Å²) in [6, 6.07) is 5.40. The molecule has 0 bridgehead atoms. The molecule has 0 aliphatic rings. The molecule has 20 heavy (non-hydrogen) atoms. The van der Waals surface area contributed by atoms with Crippen molar-refractivity contribution in [2.45, 2.75) is 52.5 Å². The van der Waals surface area contributed by atoms with E-state index >= 15 is 0 Å². The molecule has 0 spiro atoms. The first kappa shape index (κ1) is 16.3. The van der Waals surface area contributed by atoms with Gasteiger partial charge in [-0.2, -0.15) is 0 Å². The van der Waals surface area contributed by atoms with E-state index in [4.69, 9.17) is 0 Å². The Labute approximate surface area is 120 Å². The van der Waals surface area contributed by atoms with Gasteiger partial charge in [0.25, 0.3) is 5.69 Å². The second-order valence-corrected chi connectivity index (χ2v) is 5.10. The molecule has 0 aliphatic carbocycles. The molecule has 2 N–H and O–H groups in total. The molecule has 0 aromatic heterocycles. The Bertz CT molecular complexity index is 435. The fourth-order valence-electron chi connectivity index (χ4n) is 2.16.